The maximum absolute atomic E-state index is 10.5. The van der Waals surface area contributed by atoms with E-state index in [1.165, 1.54) is 0 Å². The molecule has 120 valence electrons. The lowest BCUT2D eigenvalue weighted by Crippen LogP contribution is -2.47. The summed E-state index contributed by atoms with van der Waals surface area (Å²) in [6.07, 6.45) is 0. The number of thiol groups is 1. The van der Waals surface area contributed by atoms with Gasteiger partial charge < -0.3 is 15.5 Å². The van der Waals surface area contributed by atoms with Crippen LogP contribution in [0.3, 0.4) is 0 Å². The van der Waals surface area contributed by atoms with Gasteiger partial charge in [0.05, 0.1) is 0 Å². The summed E-state index contributed by atoms with van der Waals surface area (Å²) < 4.78 is -0.527. The third-order valence-corrected chi connectivity index (χ3v) is 2.52. The third-order valence-electron chi connectivity index (χ3n) is 2.26. The van der Waals surface area contributed by atoms with E-state index in [1.54, 1.807) is 27.8 Å². The molecular weight excluding hydrogens is 280 g/mol. The molecule has 0 aliphatic heterocycles. The van der Waals surface area contributed by atoms with E-state index in [9.17, 15) is 9.59 Å². The first-order valence-electron chi connectivity index (χ1n) is 6.35. The second kappa shape index (κ2) is 8.49. The number of carbonyl (C=O) groups is 2. The van der Waals surface area contributed by atoms with Crippen LogP contribution in [0, 0.1) is 0 Å². The van der Waals surface area contributed by atoms with E-state index in [4.69, 9.17) is 10.2 Å². The minimum absolute atomic E-state index is 0.127. The van der Waals surface area contributed by atoms with Crippen molar-refractivity contribution in [2.45, 2.75) is 63.9 Å². The number of nitrogens with one attached hydrogen (secondary N) is 2. The molecule has 0 fully saturated rings. The van der Waals surface area contributed by atoms with Gasteiger partial charge in [0.1, 0.15) is 12.1 Å². The molecule has 6 nitrogen and oxygen atoms in total. The molecule has 0 bridgehead atoms. The van der Waals surface area contributed by atoms with Crippen molar-refractivity contribution in [3.8, 4) is 0 Å². The smallest absolute Gasteiger partial charge is 0.322 e. The highest BCUT2D eigenvalue weighted by atomic mass is 32.1. The first-order chi connectivity index (χ1) is 8.72. The lowest BCUT2D eigenvalue weighted by Gasteiger charge is -2.25. The number of likely N-dealkylation sites (N-methyl/N-ethyl adjacent to an activating group) is 1. The molecule has 0 spiro atoms. The second-order valence-corrected chi connectivity index (χ2v) is 7.32. The Morgan fingerprint density at radius 1 is 1.05 bits per heavy atom. The molecule has 0 rings (SSSR count). The number of hydrogen-bond acceptors (Lipinski definition) is 5. The molecule has 2 atom stereocenters. The Labute approximate surface area is 126 Å². The molecular formula is C13H28N2O4S. The van der Waals surface area contributed by atoms with Gasteiger partial charge in [0.25, 0.3) is 0 Å². The zero-order valence-electron chi connectivity index (χ0n) is 13.3. The predicted molar refractivity (Wildman–Crippen MR) is 83.5 cm³/mol. The fourth-order valence-corrected chi connectivity index (χ4v) is 1.73. The average Bonchev–Trinajstić information content (AvgIpc) is 2.13. The Morgan fingerprint density at radius 2 is 1.45 bits per heavy atom. The fraction of sp³-hybridized carbons (Fsp3) is 0.846. The van der Waals surface area contributed by atoms with Crippen molar-refractivity contribution in [3.63, 3.8) is 0 Å². The monoisotopic (exact) mass is 308 g/mol. The van der Waals surface area contributed by atoms with Crippen LogP contribution in [0.4, 0.5) is 0 Å². The third kappa shape index (κ3) is 11.1. The highest BCUT2D eigenvalue weighted by Gasteiger charge is 2.30. The van der Waals surface area contributed by atoms with Crippen LogP contribution in [0.2, 0.25) is 0 Å². The predicted octanol–water partition coefficient (Wildman–Crippen LogP) is 1.22. The van der Waals surface area contributed by atoms with Crippen LogP contribution in [0.25, 0.3) is 0 Å². The molecule has 7 heteroatoms. The minimum atomic E-state index is -0.873. The van der Waals surface area contributed by atoms with Crippen LogP contribution >= 0.6 is 12.6 Å². The summed E-state index contributed by atoms with van der Waals surface area (Å²) in [5.74, 6) is -1.68. The van der Waals surface area contributed by atoms with Crippen molar-refractivity contribution in [2.24, 2.45) is 0 Å². The Balaban J connectivity index is 0. The molecule has 0 unspecified atom stereocenters. The highest BCUT2D eigenvalue weighted by molar-refractivity contribution is 7.81. The van der Waals surface area contributed by atoms with Gasteiger partial charge in [-0.15, -0.1) is 0 Å². The number of carboxylic acids is 2. The standard InChI is InChI=1S/C7H15NO2.C6H13NO2S/c1-5(6(9)10)8-7(2,3)4;1-6(2,10)4(7-3)5(8)9/h5,8H,1-4H3,(H,9,10);4,7,10H,1-3H3,(H,8,9)/t5-;4-/m01/s1. The number of rotatable bonds is 5. The first kappa shape index (κ1) is 21.5. The van der Waals surface area contributed by atoms with Crippen LogP contribution in [0.1, 0.15) is 41.5 Å². The fourth-order valence-electron chi connectivity index (χ4n) is 1.49. The van der Waals surface area contributed by atoms with Gasteiger partial charge in [0, 0.05) is 10.3 Å². The van der Waals surface area contributed by atoms with Crippen LogP contribution < -0.4 is 10.6 Å². The van der Waals surface area contributed by atoms with E-state index in [0.717, 1.165) is 0 Å². The average molecular weight is 308 g/mol. The summed E-state index contributed by atoms with van der Waals surface area (Å²) in [6.45, 7) is 11.0. The van der Waals surface area contributed by atoms with Gasteiger partial charge >= 0.3 is 11.9 Å². The van der Waals surface area contributed by atoms with E-state index in [0.29, 0.717) is 0 Å². The zero-order valence-corrected chi connectivity index (χ0v) is 14.2. The van der Waals surface area contributed by atoms with Gasteiger partial charge in [-0.25, -0.2) is 0 Å². The Morgan fingerprint density at radius 3 is 1.50 bits per heavy atom. The minimum Gasteiger partial charge on any atom is -0.480 e. The molecule has 0 aromatic rings. The van der Waals surface area contributed by atoms with Crippen molar-refractivity contribution < 1.29 is 19.8 Å². The number of carboxylic acid groups (broad SMARTS) is 2. The van der Waals surface area contributed by atoms with E-state index in [2.05, 4.69) is 23.3 Å². The summed E-state index contributed by atoms with van der Waals surface area (Å²) in [6, 6.07) is -1.07. The molecule has 0 heterocycles. The van der Waals surface area contributed by atoms with Gasteiger partial charge in [0.2, 0.25) is 0 Å². The van der Waals surface area contributed by atoms with Gasteiger partial charge in [-0.05, 0) is 48.6 Å². The van der Waals surface area contributed by atoms with Crippen LogP contribution in [-0.2, 0) is 9.59 Å². The van der Waals surface area contributed by atoms with Crippen molar-refractivity contribution in [2.75, 3.05) is 7.05 Å². The highest BCUT2D eigenvalue weighted by Crippen LogP contribution is 2.16. The van der Waals surface area contributed by atoms with Gasteiger partial charge in [-0.2, -0.15) is 12.6 Å². The lowest BCUT2D eigenvalue weighted by atomic mass is 10.0. The largest absolute Gasteiger partial charge is 0.480 e. The van der Waals surface area contributed by atoms with Crippen molar-refractivity contribution in [3.05, 3.63) is 0 Å². The molecule has 0 radical (unpaired) electrons. The van der Waals surface area contributed by atoms with Gasteiger partial charge in [-0.3, -0.25) is 14.9 Å². The van der Waals surface area contributed by atoms with E-state index >= 15 is 0 Å². The van der Waals surface area contributed by atoms with Crippen LogP contribution in [-0.4, -0.2) is 51.6 Å². The van der Waals surface area contributed by atoms with Gasteiger partial charge in [-0.1, -0.05) is 0 Å². The first-order valence-corrected chi connectivity index (χ1v) is 6.80. The van der Waals surface area contributed by atoms with Gasteiger partial charge in [0.15, 0.2) is 0 Å². The molecule has 20 heavy (non-hydrogen) atoms. The van der Waals surface area contributed by atoms with Crippen LogP contribution in [0.15, 0.2) is 0 Å². The zero-order chi connectivity index (χ0) is 16.7. The summed E-state index contributed by atoms with van der Waals surface area (Å²) in [5, 5.41) is 22.7. The molecule has 0 amide bonds. The molecule has 0 aromatic carbocycles. The summed E-state index contributed by atoms with van der Waals surface area (Å²) in [4.78, 5) is 20.8. The molecule has 4 N–H and O–H groups in total. The van der Waals surface area contributed by atoms with Crippen LogP contribution in [0.5, 0.6) is 0 Å². The van der Waals surface area contributed by atoms with Crippen molar-refractivity contribution in [1.82, 2.24) is 10.6 Å². The Bertz CT molecular complexity index is 321. The SMILES string of the molecule is CN[C@H](C(=O)O)C(C)(C)S.C[C@H](NC(C)(C)C)C(=O)O. The second-order valence-electron chi connectivity index (χ2n) is 6.17. The van der Waals surface area contributed by atoms with E-state index in [-0.39, 0.29) is 5.54 Å². The number of hydrogen-bond donors (Lipinski definition) is 5. The molecule has 0 aliphatic rings. The maximum Gasteiger partial charge on any atom is 0.322 e. The Kier molecular flexibility index (Phi) is 9.13. The van der Waals surface area contributed by atoms with Crippen molar-refractivity contribution in [1.29, 1.82) is 0 Å². The summed E-state index contributed by atoms with van der Waals surface area (Å²) >= 11 is 4.13. The molecule has 0 saturated carbocycles. The topological polar surface area (TPSA) is 98.7 Å². The number of aliphatic carboxylic acids is 2. The van der Waals surface area contributed by atoms with E-state index in [1.807, 2.05) is 20.8 Å². The molecule has 0 saturated heterocycles. The molecule has 0 aliphatic carbocycles. The quantitative estimate of drug-likeness (QED) is 0.490. The van der Waals surface area contributed by atoms with E-state index < -0.39 is 28.8 Å². The lowest BCUT2D eigenvalue weighted by molar-refractivity contribution is -0.140. The molecule has 0 aromatic heterocycles. The van der Waals surface area contributed by atoms with Crippen molar-refractivity contribution >= 4 is 24.6 Å². The summed E-state index contributed by atoms with van der Waals surface area (Å²) in [5.41, 5.74) is -0.127. The Hall–Kier alpha value is -0.790. The summed E-state index contributed by atoms with van der Waals surface area (Å²) in [7, 11) is 1.61. The normalized spacial score (nSPS) is 14.8. The maximum atomic E-state index is 10.5.